The Kier molecular flexibility index (Phi) is 7.48. The molecule has 178 valence electrons. The van der Waals surface area contributed by atoms with E-state index in [-0.39, 0.29) is 18.4 Å². The van der Waals surface area contributed by atoms with Crippen LogP contribution >= 0.6 is 11.6 Å². The number of nitrogens with zero attached hydrogens (tertiary/aromatic N) is 3. The van der Waals surface area contributed by atoms with Crippen molar-refractivity contribution in [2.75, 3.05) is 25.5 Å². The molecule has 0 aliphatic heterocycles. The fraction of sp³-hybridized carbons (Fsp3) is 0.148. The summed E-state index contributed by atoms with van der Waals surface area (Å²) in [6.07, 6.45) is 0. The Morgan fingerprint density at radius 2 is 1.74 bits per heavy atom. The van der Waals surface area contributed by atoms with Gasteiger partial charge in [-0.25, -0.2) is 4.68 Å². The lowest BCUT2D eigenvalue weighted by Crippen LogP contribution is -2.38. The Morgan fingerprint density at radius 1 is 1.00 bits per heavy atom. The molecule has 1 N–H and O–H groups in total. The number of para-hydroxylation sites is 1. The molecule has 0 atom stereocenters. The normalized spacial score (nSPS) is 10.6. The molecule has 7 nitrogen and oxygen atoms in total. The van der Waals surface area contributed by atoms with Crippen molar-refractivity contribution in [3.8, 4) is 22.7 Å². The van der Waals surface area contributed by atoms with Crippen LogP contribution < -0.4 is 10.1 Å². The number of halogens is 1. The molecule has 0 fully saturated rings. The van der Waals surface area contributed by atoms with E-state index in [0.29, 0.717) is 34.4 Å². The van der Waals surface area contributed by atoms with Crippen LogP contribution in [0.1, 0.15) is 17.4 Å². The summed E-state index contributed by atoms with van der Waals surface area (Å²) < 4.78 is 6.81. The van der Waals surface area contributed by atoms with Gasteiger partial charge in [0.25, 0.3) is 5.91 Å². The van der Waals surface area contributed by atoms with Gasteiger partial charge in [0.2, 0.25) is 5.91 Å². The quantitative estimate of drug-likeness (QED) is 0.365. The number of methoxy groups -OCH3 is 1. The van der Waals surface area contributed by atoms with Crippen LogP contribution in [0.15, 0.2) is 84.9 Å². The molecule has 4 rings (SSSR count). The number of likely N-dealkylation sites (N-methyl/N-ethyl adjacent to an activating group) is 1. The van der Waals surface area contributed by atoms with Crippen LogP contribution in [-0.4, -0.2) is 46.7 Å². The maximum absolute atomic E-state index is 13.6. The van der Waals surface area contributed by atoms with E-state index in [1.54, 1.807) is 54.3 Å². The van der Waals surface area contributed by atoms with Crippen molar-refractivity contribution >= 4 is 29.1 Å². The first-order valence-electron chi connectivity index (χ1n) is 11.1. The smallest absolute Gasteiger partial charge is 0.273 e. The number of hydrogen-bond acceptors (Lipinski definition) is 4. The predicted octanol–water partition coefficient (Wildman–Crippen LogP) is 5.30. The molecule has 0 saturated carbocycles. The third-order valence-electron chi connectivity index (χ3n) is 5.43. The molecule has 4 aromatic rings. The fourth-order valence-corrected chi connectivity index (χ4v) is 3.75. The van der Waals surface area contributed by atoms with Crippen LogP contribution in [0.4, 0.5) is 5.69 Å². The summed E-state index contributed by atoms with van der Waals surface area (Å²) in [7, 11) is 1.56. The first kappa shape index (κ1) is 24.0. The number of aromatic nitrogens is 2. The number of carbonyl (C=O) groups excluding carboxylic acids is 2. The van der Waals surface area contributed by atoms with E-state index in [1.807, 2.05) is 49.4 Å². The van der Waals surface area contributed by atoms with E-state index in [0.717, 1.165) is 11.3 Å². The molecule has 0 aliphatic carbocycles. The molecule has 0 aliphatic rings. The molecule has 0 spiro atoms. The second-order valence-electron chi connectivity index (χ2n) is 7.77. The second kappa shape index (κ2) is 10.9. The minimum atomic E-state index is -0.308. The molecule has 1 aromatic heterocycles. The molecule has 35 heavy (non-hydrogen) atoms. The average Bonchev–Trinajstić information content (AvgIpc) is 3.33. The van der Waals surface area contributed by atoms with Gasteiger partial charge in [0.1, 0.15) is 18.0 Å². The van der Waals surface area contributed by atoms with Gasteiger partial charge in [0.15, 0.2) is 0 Å². The zero-order valence-corrected chi connectivity index (χ0v) is 20.2. The summed E-state index contributed by atoms with van der Waals surface area (Å²) in [5.41, 5.74) is 3.16. The molecule has 8 heteroatoms. The number of rotatable bonds is 8. The molecule has 3 aromatic carbocycles. The van der Waals surface area contributed by atoms with Crippen molar-refractivity contribution in [1.82, 2.24) is 14.7 Å². The molecular weight excluding hydrogens is 464 g/mol. The third-order valence-corrected chi connectivity index (χ3v) is 5.68. The van der Waals surface area contributed by atoms with E-state index < -0.39 is 0 Å². The number of ether oxygens (including phenoxy) is 1. The van der Waals surface area contributed by atoms with Gasteiger partial charge in [-0.3, -0.25) is 9.59 Å². The summed E-state index contributed by atoms with van der Waals surface area (Å²) >= 11 is 6.03. The monoisotopic (exact) mass is 488 g/mol. The molecule has 0 saturated heterocycles. The number of carbonyl (C=O) groups is 2. The lowest BCUT2D eigenvalue weighted by Gasteiger charge is -2.21. The highest BCUT2D eigenvalue weighted by Crippen LogP contribution is 2.24. The standard InChI is InChI=1S/C27H25ClN4O3/c1-3-31(18-26(33)29-21-8-7-11-23(16-21)35-2)27(34)25-17-24(19-12-14-20(28)15-13-19)30-32(25)22-9-5-4-6-10-22/h4-17H,3,18H2,1-2H3,(H,29,33). The minimum absolute atomic E-state index is 0.108. The zero-order valence-electron chi connectivity index (χ0n) is 19.4. The highest BCUT2D eigenvalue weighted by Gasteiger charge is 2.24. The Bertz CT molecular complexity index is 1320. The van der Waals surface area contributed by atoms with Crippen LogP contribution in [0.3, 0.4) is 0 Å². The van der Waals surface area contributed by atoms with E-state index in [9.17, 15) is 9.59 Å². The Hall–Kier alpha value is -4.10. The van der Waals surface area contributed by atoms with Crippen molar-refractivity contribution in [2.45, 2.75) is 6.92 Å². The predicted molar refractivity (Wildman–Crippen MR) is 137 cm³/mol. The average molecular weight is 489 g/mol. The summed E-state index contributed by atoms with van der Waals surface area (Å²) in [5, 5.41) is 8.14. The van der Waals surface area contributed by atoms with Crippen molar-refractivity contribution in [2.24, 2.45) is 0 Å². The van der Waals surface area contributed by atoms with Crippen molar-refractivity contribution in [3.05, 3.63) is 95.6 Å². The van der Waals surface area contributed by atoms with E-state index >= 15 is 0 Å². The topological polar surface area (TPSA) is 76.5 Å². The number of benzene rings is 3. The highest BCUT2D eigenvalue weighted by atomic mass is 35.5. The first-order chi connectivity index (χ1) is 17.0. The van der Waals surface area contributed by atoms with Crippen LogP contribution in [0.25, 0.3) is 16.9 Å². The molecule has 0 bridgehead atoms. The Balaban J connectivity index is 1.61. The summed E-state index contributed by atoms with van der Waals surface area (Å²) in [5.74, 6) is 0.0229. The van der Waals surface area contributed by atoms with Gasteiger partial charge >= 0.3 is 0 Å². The van der Waals surface area contributed by atoms with E-state index in [1.165, 1.54) is 4.90 Å². The molecule has 1 heterocycles. The second-order valence-corrected chi connectivity index (χ2v) is 8.20. The zero-order chi connectivity index (χ0) is 24.8. The summed E-state index contributed by atoms with van der Waals surface area (Å²) in [4.78, 5) is 27.8. The van der Waals surface area contributed by atoms with Crippen molar-refractivity contribution in [3.63, 3.8) is 0 Å². The lowest BCUT2D eigenvalue weighted by molar-refractivity contribution is -0.116. The SMILES string of the molecule is CCN(CC(=O)Nc1cccc(OC)c1)C(=O)c1cc(-c2ccc(Cl)cc2)nn1-c1ccccc1. The maximum atomic E-state index is 13.6. The largest absolute Gasteiger partial charge is 0.497 e. The van der Waals surface area contributed by atoms with Crippen LogP contribution in [-0.2, 0) is 4.79 Å². The highest BCUT2D eigenvalue weighted by molar-refractivity contribution is 6.30. The van der Waals surface area contributed by atoms with E-state index in [2.05, 4.69) is 5.32 Å². The third kappa shape index (κ3) is 5.70. The van der Waals surface area contributed by atoms with Gasteiger partial charge in [0, 0.05) is 28.9 Å². The van der Waals surface area contributed by atoms with Gasteiger partial charge in [-0.2, -0.15) is 5.10 Å². The number of amides is 2. The van der Waals surface area contributed by atoms with Gasteiger partial charge < -0.3 is 15.0 Å². The van der Waals surface area contributed by atoms with Crippen molar-refractivity contribution < 1.29 is 14.3 Å². The minimum Gasteiger partial charge on any atom is -0.497 e. The lowest BCUT2D eigenvalue weighted by atomic mass is 10.1. The van der Waals surface area contributed by atoms with Gasteiger partial charge in [0.05, 0.1) is 18.5 Å². The number of anilines is 1. The van der Waals surface area contributed by atoms with Gasteiger partial charge in [-0.15, -0.1) is 0 Å². The fourth-order valence-electron chi connectivity index (χ4n) is 3.63. The van der Waals surface area contributed by atoms with Crippen LogP contribution in [0.5, 0.6) is 5.75 Å². The van der Waals surface area contributed by atoms with E-state index in [4.69, 9.17) is 21.4 Å². The number of nitrogens with one attached hydrogen (secondary N) is 1. The molecule has 0 unspecified atom stereocenters. The number of hydrogen-bond donors (Lipinski definition) is 1. The summed E-state index contributed by atoms with van der Waals surface area (Å²) in [6.45, 7) is 2.07. The Labute approximate surface area is 208 Å². The molecule has 0 radical (unpaired) electrons. The maximum Gasteiger partial charge on any atom is 0.273 e. The van der Waals surface area contributed by atoms with Crippen LogP contribution in [0, 0.1) is 0 Å². The van der Waals surface area contributed by atoms with Gasteiger partial charge in [-0.05, 0) is 49.4 Å². The summed E-state index contributed by atoms with van der Waals surface area (Å²) in [6, 6.07) is 25.5. The van der Waals surface area contributed by atoms with Crippen LogP contribution in [0.2, 0.25) is 5.02 Å². The first-order valence-corrected chi connectivity index (χ1v) is 11.5. The Morgan fingerprint density at radius 3 is 2.43 bits per heavy atom. The molecular formula is C27H25ClN4O3. The molecule has 2 amide bonds. The van der Waals surface area contributed by atoms with Crippen molar-refractivity contribution in [1.29, 1.82) is 0 Å². The van der Waals surface area contributed by atoms with Gasteiger partial charge in [-0.1, -0.05) is 48.0 Å².